The molecule has 0 bridgehead atoms. The van der Waals surface area contributed by atoms with E-state index >= 15 is 0 Å². The Balaban J connectivity index is 2.63. The van der Waals surface area contributed by atoms with Crippen molar-refractivity contribution < 1.29 is 0 Å². The first-order valence-corrected chi connectivity index (χ1v) is 6.12. The molecule has 0 saturated heterocycles. The number of nitrogens with zero attached hydrogens (tertiary/aromatic N) is 3. The van der Waals surface area contributed by atoms with Crippen LogP contribution in [-0.4, -0.2) is 23.9 Å². The molecule has 1 heterocycles. The fourth-order valence-corrected chi connectivity index (χ4v) is 2.06. The van der Waals surface area contributed by atoms with E-state index in [1.54, 1.807) is 4.68 Å². The molecule has 0 unspecified atom stereocenters. The van der Waals surface area contributed by atoms with Gasteiger partial charge < -0.3 is 10.6 Å². The van der Waals surface area contributed by atoms with Crippen LogP contribution in [0.5, 0.6) is 0 Å². The lowest BCUT2D eigenvalue weighted by Crippen LogP contribution is -2.10. The van der Waals surface area contributed by atoms with Crippen molar-refractivity contribution in [1.82, 2.24) is 9.78 Å². The monoisotopic (exact) mass is 244 g/mol. The fraction of sp³-hybridized carbons (Fsp3) is 0.357. The first-order chi connectivity index (χ1) is 8.54. The van der Waals surface area contributed by atoms with Gasteiger partial charge in [0.25, 0.3) is 0 Å². The number of rotatable bonds is 3. The molecule has 1 aromatic heterocycles. The zero-order valence-electron chi connectivity index (χ0n) is 11.4. The van der Waals surface area contributed by atoms with Gasteiger partial charge in [-0.25, -0.2) is 0 Å². The lowest BCUT2D eigenvalue weighted by atomic mass is 10.0. The molecule has 96 valence electrons. The van der Waals surface area contributed by atoms with Crippen molar-refractivity contribution in [2.45, 2.75) is 13.3 Å². The molecular weight excluding hydrogens is 224 g/mol. The van der Waals surface area contributed by atoms with Gasteiger partial charge in [0.15, 0.2) is 0 Å². The molecule has 0 saturated carbocycles. The van der Waals surface area contributed by atoms with Crippen molar-refractivity contribution >= 4 is 11.5 Å². The molecule has 2 N–H and O–H groups in total. The van der Waals surface area contributed by atoms with E-state index < -0.39 is 0 Å². The number of nitrogen functional groups attached to an aromatic ring is 1. The molecule has 0 atom stereocenters. The van der Waals surface area contributed by atoms with Gasteiger partial charge in [-0.1, -0.05) is 13.0 Å². The van der Waals surface area contributed by atoms with Gasteiger partial charge in [0.05, 0.1) is 6.20 Å². The van der Waals surface area contributed by atoms with Gasteiger partial charge in [-0.3, -0.25) is 4.68 Å². The predicted molar refractivity (Wildman–Crippen MR) is 76.8 cm³/mol. The van der Waals surface area contributed by atoms with Gasteiger partial charge in [0.2, 0.25) is 0 Å². The molecular formula is C14H20N4. The van der Waals surface area contributed by atoms with E-state index in [0.29, 0.717) is 5.82 Å². The van der Waals surface area contributed by atoms with Crippen molar-refractivity contribution in [3.63, 3.8) is 0 Å². The van der Waals surface area contributed by atoms with Gasteiger partial charge in [-0.15, -0.1) is 0 Å². The minimum atomic E-state index is 0.700. The van der Waals surface area contributed by atoms with Gasteiger partial charge in [0, 0.05) is 38.0 Å². The summed E-state index contributed by atoms with van der Waals surface area (Å²) >= 11 is 0. The van der Waals surface area contributed by atoms with Gasteiger partial charge >= 0.3 is 0 Å². The predicted octanol–water partition coefficient (Wildman–Crippen LogP) is 2.30. The van der Waals surface area contributed by atoms with Crippen LogP contribution < -0.4 is 10.6 Å². The fourth-order valence-electron chi connectivity index (χ4n) is 2.06. The summed E-state index contributed by atoms with van der Waals surface area (Å²) < 4.78 is 1.70. The Morgan fingerprint density at radius 3 is 2.50 bits per heavy atom. The van der Waals surface area contributed by atoms with Crippen LogP contribution in [0.25, 0.3) is 11.1 Å². The minimum Gasteiger partial charge on any atom is -0.383 e. The Bertz CT molecular complexity index is 555. The molecule has 0 fully saturated rings. The van der Waals surface area contributed by atoms with Crippen molar-refractivity contribution in [3.8, 4) is 11.1 Å². The summed E-state index contributed by atoms with van der Waals surface area (Å²) in [5.74, 6) is 0.700. The number of anilines is 2. The summed E-state index contributed by atoms with van der Waals surface area (Å²) in [4.78, 5) is 2.10. The SMILES string of the molecule is CCc1ccc(N(C)C)c(-c2cnn(C)c2N)c1. The molecule has 0 radical (unpaired) electrons. The molecule has 1 aromatic carbocycles. The summed E-state index contributed by atoms with van der Waals surface area (Å²) in [6, 6.07) is 6.49. The highest BCUT2D eigenvalue weighted by Crippen LogP contribution is 2.34. The normalized spacial score (nSPS) is 10.7. The standard InChI is InChI=1S/C14H20N4/c1-5-10-6-7-13(17(2)3)11(8-10)12-9-16-18(4)14(12)15/h6-9H,5,15H2,1-4H3. The summed E-state index contributed by atoms with van der Waals surface area (Å²) in [5, 5.41) is 4.22. The molecule has 4 nitrogen and oxygen atoms in total. The average molecular weight is 244 g/mol. The second-order valence-electron chi connectivity index (χ2n) is 4.67. The summed E-state index contributed by atoms with van der Waals surface area (Å²) in [6.45, 7) is 2.15. The third-order valence-electron chi connectivity index (χ3n) is 3.23. The van der Waals surface area contributed by atoms with Crippen molar-refractivity contribution in [1.29, 1.82) is 0 Å². The minimum absolute atomic E-state index is 0.700. The summed E-state index contributed by atoms with van der Waals surface area (Å²) in [7, 11) is 5.94. The lowest BCUT2D eigenvalue weighted by Gasteiger charge is -2.18. The number of aryl methyl sites for hydroxylation is 2. The number of hydrogen-bond donors (Lipinski definition) is 1. The zero-order chi connectivity index (χ0) is 13.3. The van der Waals surface area contributed by atoms with Crippen LogP contribution in [-0.2, 0) is 13.5 Å². The molecule has 2 aromatic rings. The van der Waals surface area contributed by atoms with Gasteiger partial charge in [0.1, 0.15) is 5.82 Å². The van der Waals surface area contributed by atoms with Crippen LogP contribution in [0.3, 0.4) is 0 Å². The second-order valence-corrected chi connectivity index (χ2v) is 4.67. The van der Waals surface area contributed by atoms with Gasteiger partial charge in [-0.05, 0) is 24.1 Å². The van der Waals surface area contributed by atoms with Crippen LogP contribution in [0.15, 0.2) is 24.4 Å². The quantitative estimate of drug-likeness (QED) is 0.901. The van der Waals surface area contributed by atoms with E-state index in [2.05, 4.69) is 35.1 Å². The number of nitrogens with two attached hydrogens (primary N) is 1. The maximum atomic E-state index is 6.08. The van der Waals surface area contributed by atoms with Crippen molar-refractivity contribution in [2.24, 2.45) is 7.05 Å². The molecule has 2 rings (SSSR count). The molecule has 0 aliphatic carbocycles. The first kappa shape index (κ1) is 12.5. The molecule has 18 heavy (non-hydrogen) atoms. The van der Waals surface area contributed by atoms with E-state index in [1.807, 2.05) is 27.3 Å². The molecule has 4 heteroatoms. The number of aromatic nitrogens is 2. The Labute approximate surface area is 108 Å². The van der Waals surface area contributed by atoms with Crippen LogP contribution in [0.2, 0.25) is 0 Å². The van der Waals surface area contributed by atoms with Crippen LogP contribution in [0.1, 0.15) is 12.5 Å². The molecule has 0 aliphatic heterocycles. The Kier molecular flexibility index (Phi) is 3.28. The Morgan fingerprint density at radius 1 is 1.28 bits per heavy atom. The number of hydrogen-bond acceptors (Lipinski definition) is 3. The third-order valence-corrected chi connectivity index (χ3v) is 3.23. The maximum absolute atomic E-state index is 6.08. The maximum Gasteiger partial charge on any atom is 0.129 e. The Morgan fingerprint density at radius 2 is 2.00 bits per heavy atom. The highest BCUT2D eigenvalue weighted by molar-refractivity contribution is 5.84. The molecule has 0 aliphatic rings. The smallest absolute Gasteiger partial charge is 0.129 e. The molecule has 0 spiro atoms. The third kappa shape index (κ3) is 2.06. The Hall–Kier alpha value is -1.97. The molecule has 0 amide bonds. The van der Waals surface area contributed by atoms with E-state index in [1.165, 1.54) is 5.56 Å². The number of benzene rings is 1. The van der Waals surface area contributed by atoms with Crippen LogP contribution >= 0.6 is 0 Å². The second kappa shape index (κ2) is 4.72. The van der Waals surface area contributed by atoms with E-state index in [-0.39, 0.29) is 0 Å². The lowest BCUT2D eigenvalue weighted by molar-refractivity contribution is 0.779. The van der Waals surface area contributed by atoms with Crippen molar-refractivity contribution in [3.05, 3.63) is 30.0 Å². The van der Waals surface area contributed by atoms with E-state index in [0.717, 1.165) is 23.2 Å². The van der Waals surface area contributed by atoms with E-state index in [9.17, 15) is 0 Å². The highest BCUT2D eigenvalue weighted by atomic mass is 15.3. The topological polar surface area (TPSA) is 47.1 Å². The summed E-state index contributed by atoms with van der Waals surface area (Å²) in [6.07, 6.45) is 2.85. The van der Waals surface area contributed by atoms with Crippen molar-refractivity contribution in [2.75, 3.05) is 24.7 Å². The summed E-state index contributed by atoms with van der Waals surface area (Å²) in [5.41, 5.74) is 10.7. The first-order valence-electron chi connectivity index (χ1n) is 6.12. The van der Waals surface area contributed by atoms with Crippen LogP contribution in [0, 0.1) is 0 Å². The van der Waals surface area contributed by atoms with Gasteiger partial charge in [-0.2, -0.15) is 5.10 Å². The largest absolute Gasteiger partial charge is 0.383 e. The van der Waals surface area contributed by atoms with Crippen LogP contribution in [0.4, 0.5) is 11.5 Å². The zero-order valence-corrected chi connectivity index (χ0v) is 11.4. The highest BCUT2D eigenvalue weighted by Gasteiger charge is 2.13. The average Bonchev–Trinajstić information content (AvgIpc) is 2.69. The van der Waals surface area contributed by atoms with E-state index in [4.69, 9.17) is 5.73 Å².